The molecule has 1 aliphatic rings. The molecule has 0 heterocycles. The second kappa shape index (κ2) is 4.43. The van der Waals surface area contributed by atoms with Crippen LogP contribution in [-0.4, -0.2) is 5.26 Å². The molecule has 1 N–H and O–H groups in total. The fraction of sp³-hybridized carbons (Fsp3) is 0.600. The van der Waals surface area contributed by atoms with E-state index in [9.17, 15) is 5.26 Å². The van der Waals surface area contributed by atoms with Crippen LogP contribution in [0.15, 0.2) is 24.3 Å². The summed E-state index contributed by atoms with van der Waals surface area (Å²) in [5.74, 6) is 0. The fourth-order valence-electron chi connectivity index (χ4n) is 2.65. The Bertz CT molecular complexity index is 367. The molecule has 1 aromatic rings. The first-order valence-electron chi connectivity index (χ1n) is 6.42. The highest BCUT2D eigenvalue weighted by Crippen LogP contribution is 2.41. The Hall–Kier alpha value is -0.860. The molecule has 0 unspecified atom stereocenters. The Kier molecular flexibility index (Phi) is 3.28. The first kappa shape index (κ1) is 12.6. The number of benzene rings is 1. The van der Waals surface area contributed by atoms with E-state index in [-0.39, 0.29) is 5.41 Å². The first-order chi connectivity index (χ1) is 7.98. The summed E-state index contributed by atoms with van der Waals surface area (Å²) < 4.78 is 0. The molecule has 94 valence electrons. The molecule has 2 rings (SSSR count). The van der Waals surface area contributed by atoms with Crippen molar-refractivity contribution in [3.63, 3.8) is 0 Å². The second-order valence-corrected chi connectivity index (χ2v) is 6.12. The molecule has 1 fully saturated rings. The maximum Gasteiger partial charge on any atom is 0.128 e. The summed E-state index contributed by atoms with van der Waals surface area (Å²) >= 11 is 0. The van der Waals surface area contributed by atoms with Gasteiger partial charge in [-0.2, -0.15) is 0 Å². The topological polar surface area (TPSA) is 29.5 Å². The van der Waals surface area contributed by atoms with Crippen molar-refractivity contribution in [2.45, 2.75) is 57.5 Å². The van der Waals surface area contributed by atoms with Crippen LogP contribution in [0.1, 0.15) is 57.6 Å². The molecule has 0 atom stereocenters. The van der Waals surface area contributed by atoms with Crippen LogP contribution in [0.2, 0.25) is 0 Å². The van der Waals surface area contributed by atoms with Gasteiger partial charge in [0.15, 0.2) is 0 Å². The summed E-state index contributed by atoms with van der Waals surface area (Å²) in [6.07, 6.45) is 4.08. The third-order valence-corrected chi connectivity index (χ3v) is 3.86. The van der Waals surface area contributed by atoms with Crippen LogP contribution in [0, 0.1) is 0 Å². The van der Waals surface area contributed by atoms with Gasteiger partial charge in [-0.3, -0.25) is 5.26 Å². The van der Waals surface area contributed by atoms with Crippen molar-refractivity contribution < 1.29 is 10.1 Å². The smallest absolute Gasteiger partial charge is 0.128 e. The lowest BCUT2D eigenvalue weighted by Crippen LogP contribution is -2.24. The maximum atomic E-state index is 9.20. The van der Waals surface area contributed by atoms with E-state index in [4.69, 9.17) is 4.89 Å². The van der Waals surface area contributed by atoms with Gasteiger partial charge in [-0.1, -0.05) is 45.0 Å². The third kappa shape index (κ3) is 2.38. The Morgan fingerprint density at radius 3 is 2.00 bits per heavy atom. The number of rotatable bonds is 2. The molecule has 0 aromatic heterocycles. The molecule has 0 bridgehead atoms. The highest BCUT2D eigenvalue weighted by molar-refractivity contribution is 5.31. The van der Waals surface area contributed by atoms with Crippen molar-refractivity contribution in [3.8, 4) is 0 Å². The Morgan fingerprint density at radius 1 is 1.06 bits per heavy atom. The molecule has 1 saturated carbocycles. The first-order valence-corrected chi connectivity index (χ1v) is 6.42. The summed E-state index contributed by atoms with van der Waals surface area (Å²) in [6, 6.07) is 8.49. The van der Waals surface area contributed by atoms with Crippen LogP contribution < -0.4 is 0 Å². The van der Waals surface area contributed by atoms with Crippen molar-refractivity contribution >= 4 is 0 Å². The number of hydrogen-bond donors (Lipinski definition) is 1. The zero-order valence-electron chi connectivity index (χ0n) is 11.0. The highest BCUT2D eigenvalue weighted by Gasteiger charge is 2.37. The van der Waals surface area contributed by atoms with Gasteiger partial charge < -0.3 is 0 Å². The molecule has 1 aliphatic carbocycles. The summed E-state index contributed by atoms with van der Waals surface area (Å²) in [5, 5.41) is 9.20. The molecular weight excluding hydrogens is 212 g/mol. The van der Waals surface area contributed by atoms with Crippen molar-refractivity contribution in [2.75, 3.05) is 0 Å². The molecule has 17 heavy (non-hydrogen) atoms. The Labute approximate surface area is 104 Å². The van der Waals surface area contributed by atoms with Crippen LogP contribution in [0.25, 0.3) is 0 Å². The van der Waals surface area contributed by atoms with E-state index < -0.39 is 5.60 Å². The minimum atomic E-state index is -0.448. The standard InChI is InChI=1S/C15H22O2/c1-14(2,3)12-6-8-13(9-7-12)15(17-16)10-4-5-11-15/h6-9,16H,4-5,10-11H2,1-3H3. The van der Waals surface area contributed by atoms with Crippen LogP contribution >= 0.6 is 0 Å². The minimum Gasteiger partial charge on any atom is -0.251 e. The second-order valence-electron chi connectivity index (χ2n) is 6.12. The van der Waals surface area contributed by atoms with E-state index in [0.717, 1.165) is 31.2 Å². The summed E-state index contributed by atoms with van der Waals surface area (Å²) in [7, 11) is 0. The van der Waals surface area contributed by atoms with Gasteiger partial charge in [0.05, 0.1) is 0 Å². The molecular formula is C15H22O2. The van der Waals surface area contributed by atoms with Crippen molar-refractivity contribution in [1.82, 2.24) is 0 Å². The summed E-state index contributed by atoms with van der Waals surface area (Å²) in [4.78, 5) is 4.81. The summed E-state index contributed by atoms with van der Waals surface area (Å²) in [6.45, 7) is 6.61. The number of hydrogen-bond acceptors (Lipinski definition) is 2. The maximum absolute atomic E-state index is 9.20. The zero-order chi connectivity index (χ0) is 12.5. The van der Waals surface area contributed by atoms with Gasteiger partial charge in [-0.15, -0.1) is 0 Å². The molecule has 2 nitrogen and oxygen atoms in total. The zero-order valence-corrected chi connectivity index (χ0v) is 11.0. The van der Waals surface area contributed by atoms with Crippen molar-refractivity contribution in [1.29, 1.82) is 0 Å². The lowest BCUT2D eigenvalue weighted by Gasteiger charge is -2.27. The van der Waals surface area contributed by atoms with Gasteiger partial charge in [0.25, 0.3) is 0 Å². The van der Waals surface area contributed by atoms with Crippen LogP contribution in [0.3, 0.4) is 0 Å². The minimum absolute atomic E-state index is 0.168. The Balaban J connectivity index is 2.28. The van der Waals surface area contributed by atoms with E-state index in [1.165, 1.54) is 5.56 Å². The molecule has 0 amide bonds. The quantitative estimate of drug-likeness (QED) is 0.612. The molecule has 0 radical (unpaired) electrons. The highest BCUT2D eigenvalue weighted by atomic mass is 17.1. The van der Waals surface area contributed by atoms with Crippen molar-refractivity contribution in [2.24, 2.45) is 0 Å². The largest absolute Gasteiger partial charge is 0.251 e. The van der Waals surface area contributed by atoms with Gasteiger partial charge in [0, 0.05) is 0 Å². The van der Waals surface area contributed by atoms with Gasteiger partial charge in [-0.25, -0.2) is 4.89 Å². The average Bonchev–Trinajstić information content (AvgIpc) is 2.78. The molecule has 0 spiro atoms. The molecule has 0 saturated heterocycles. The summed E-state index contributed by atoms with van der Waals surface area (Å²) in [5.41, 5.74) is 2.13. The third-order valence-electron chi connectivity index (χ3n) is 3.86. The average molecular weight is 234 g/mol. The van der Waals surface area contributed by atoms with Gasteiger partial charge in [-0.05, 0) is 42.2 Å². The molecule has 1 aromatic carbocycles. The fourth-order valence-corrected chi connectivity index (χ4v) is 2.65. The van der Waals surface area contributed by atoms with Gasteiger partial charge in [0.2, 0.25) is 0 Å². The van der Waals surface area contributed by atoms with Crippen LogP contribution in [0.4, 0.5) is 0 Å². The predicted molar refractivity (Wildman–Crippen MR) is 69.0 cm³/mol. The van der Waals surface area contributed by atoms with Crippen molar-refractivity contribution in [3.05, 3.63) is 35.4 Å². The van der Waals surface area contributed by atoms with E-state index in [2.05, 4.69) is 45.0 Å². The predicted octanol–water partition coefficient (Wildman–Crippen LogP) is 4.24. The lowest BCUT2D eigenvalue weighted by molar-refractivity contribution is -0.327. The van der Waals surface area contributed by atoms with Crippen LogP contribution in [0.5, 0.6) is 0 Å². The van der Waals surface area contributed by atoms with Crippen LogP contribution in [-0.2, 0) is 15.9 Å². The van der Waals surface area contributed by atoms with E-state index in [1.54, 1.807) is 0 Å². The Morgan fingerprint density at radius 2 is 1.59 bits per heavy atom. The molecule has 0 aliphatic heterocycles. The SMILES string of the molecule is CC(C)(C)c1ccc(C2(OO)CCCC2)cc1. The normalized spacial score (nSPS) is 19.5. The van der Waals surface area contributed by atoms with Gasteiger partial charge in [0.1, 0.15) is 5.60 Å². The monoisotopic (exact) mass is 234 g/mol. The van der Waals surface area contributed by atoms with E-state index in [0.29, 0.717) is 0 Å². The molecule has 2 heteroatoms. The van der Waals surface area contributed by atoms with Gasteiger partial charge >= 0.3 is 0 Å². The van der Waals surface area contributed by atoms with E-state index >= 15 is 0 Å². The lowest BCUT2D eigenvalue weighted by atomic mass is 9.84. The van der Waals surface area contributed by atoms with E-state index in [1.807, 2.05) is 0 Å².